The lowest BCUT2D eigenvalue weighted by Crippen LogP contribution is -2.38. The standard InChI is InChI=1S/C18H21N3O5/c1-2-12-3-5-14(6-4-12)21-10-13(9-15(21)22)17(24)26-11-16(23)20-8-7-19-18(20)25/h3-6,13H,2,7-11H2,1H3,(H,19,25)/t13-/m0/s1. The molecule has 26 heavy (non-hydrogen) atoms. The average molecular weight is 359 g/mol. The number of imide groups is 1. The van der Waals surface area contributed by atoms with Crippen LogP contribution in [0.5, 0.6) is 0 Å². The highest BCUT2D eigenvalue weighted by Crippen LogP contribution is 2.26. The van der Waals surface area contributed by atoms with Crippen molar-refractivity contribution < 1.29 is 23.9 Å². The zero-order chi connectivity index (χ0) is 18.7. The molecule has 0 aliphatic carbocycles. The van der Waals surface area contributed by atoms with Crippen molar-refractivity contribution in [2.24, 2.45) is 5.92 Å². The Hall–Kier alpha value is -2.90. The number of rotatable bonds is 5. The molecule has 2 heterocycles. The number of nitrogens with one attached hydrogen (secondary N) is 1. The third-order valence-corrected chi connectivity index (χ3v) is 4.61. The lowest BCUT2D eigenvalue weighted by atomic mass is 10.1. The molecule has 1 aromatic carbocycles. The average Bonchev–Trinajstić information content (AvgIpc) is 3.25. The summed E-state index contributed by atoms with van der Waals surface area (Å²) in [6.07, 6.45) is 0.957. The van der Waals surface area contributed by atoms with Gasteiger partial charge in [0.05, 0.1) is 5.92 Å². The Morgan fingerprint density at radius 1 is 1.23 bits per heavy atom. The number of urea groups is 1. The van der Waals surface area contributed by atoms with Crippen LogP contribution in [0.25, 0.3) is 0 Å². The molecule has 2 fully saturated rings. The first-order valence-corrected chi connectivity index (χ1v) is 8.63. The van der Waals surface area contributed by atoms with Crippen molar-refractivity contribution in [2.45, 2.75) is 19.8 Å². The highest BCUT2D eigenvalue weighted by molar-refractivity contribution is 6.00. The van der Waals surface area contributed by atoms with Gasteiger partial charge in [0, 0.05) is 31.7 Å². The van der Waals surface area contributed by atoms with E-state index in [-0.39, 0.29) is 25.4 Å². The van der Waals surface area contributed by atoms with Gasteiger partial charge in [-0.2, -0.15) is 0 Å². The molecule has 4 amide bonds. The van der Waals surface area contributed by atoms with Crippen LogP contribution in [-0.4, -0.2) is 55.0 Å². The summed E-state index contributed by atoms with van der Waals surface area (Å²) in [5, 5.41) is 2.51. The van der Waals surface area contributed by atoms with Crippen molar-refractivity contribution in [1.82, 2.24) is 10.2 Å². The second kappa shape index (κ2) is 7.55. The molecule has 8 heteroatoms. The van der Waals surface area contributed by atoms with Gasteiger partial charge in [0.25, 0.3) is 5.91 Å². The van der Waals surface area contributed by atoms with Crippen LogP contribution >= 0.6 is 0 Å². The number of anilines is 1. The predicted molar refractivity (Wildman–Crippen MR) is 92.4 cm³/mol. The van der Waals surface area contributed by atoms with E-state index < -0.39 is 30.4 Å². The van der Waals surface area contributed by atoms with Gasteiger partial charge in [0.15, 0.2) is 6.61 Å². The minimum atomic E-state index is -0.617. The zero-order valence-corrected chi connectivity index (χ0v) is 14.6. The second-order valence-corrected chi connectivity index (χ2v) is 6.31. The van der Waals surface area contributed by atoms with E-state index in [1.165, 1.54) is 5.56 Å². The van der Waals surface area contributed by atoms with Crippen molar-refractivity contribution in [2.75, 3.05) is 31.1 Å². The predicted octanol–water partition coefficient (Wildman–Crippen LogP) is 0.697. The lowest BCUT2D eigenvalue weighted by molar-refractivity contribution is -0.154. The number of hydrogen-bond donors (Lipinski definition) is 1. The minimum Gasteiger partial charge on any atom is -0.455 e. The van der Waals surface area contributed by atoms with Crippen LogP contribution < -0.4 is 10.2 Å². The normalized spacial score (nSPS) is 19.7. The smallest absolute Gasteiger partial charge is 0.324 e. The highest BCUT2D eigenvalue weighted by atomic mass is 16.5. The molecule has 0 aromatic heterocycles. The number of carbonyl (C=O) groups excluding carboxylic acids is 4. The first-order valence-electron chi connectivity index (χ1n) is 8.63. The molecule has 3 rings (SSSR count). The molecule has 138 valence electrons. The lowest BCUT2D eigenvalue weighted by Gasteiger charge is -2.17. The summed E-state index contributed by atoms with van der Waals surface area (Å²) in [7, 11) is 0. The first-order chi connectivity index (χ1) is 12.5. The number of amides is 4. The van der Waals surface area contributed by atoms with E-state index >= 15 is 0 Å². The fourth-order valence-corrected chi connectivity index (χ4v) is 3.06. The van der Waals surface area contributed by atoms with Gasteiger partial charge in [-0.3, -0.25) is 19.3 Å². The summed E-state index contributed by atoms with van der Waals surface area (Å²) in [6.45, 7) is 2.43. The summed E-state index contributed by atoms with van der Waals surface area (Å²) in [6, 6.07) is 7.14. The number of nitrogens with zero attached hydrogens (tertiary/aromatic N) is 2. The SMILES string of the molecule is CCc1ccc(N2C[C@@H](C(=O)OCC(=O)N3CCNC3=O)CC2=O)cc1. The van der Waals surface area contributed by atoms with Crippen molar-refractivity contribution in [1.29, 1.82) is 0 Å². The van der Waals surface area contributed by atoms with Crippen LogP contribution in [0.3, 0.4) is 0 Å². The van der Waals surface area contributed by atoms with Gasteiger partial charge in [-0.25, -0.2) is 4.79 Å². The molecule has 2 aliphatic rings. The molecule has 1 atom stereocenters. The summed E-state index contributed by atoms with van der Waals surface area (Å²) in [4.78, 5) is 50.3. The zero-order valence-electron chi connectivity index (χ0n) is 14.6. The van der Waals surface area contributed by atoms with E-state index in [4.69, 9.17) is 4.74 Å². The van der Waals surface area contributed by atoms with Gasteiger partial charge in [0.2, 0.25) is 5.91 Å². The van der Waals surface area contributed by atoms with Gasteiger partial charge >= 0.3 is 12.0 Å². The van der Waals surface area contributed by atoms with Crippen molar-refractivity contribution in [3.63, 3.8) is 0 Å². The molecular formula is C18H21N3O5. The number of benzene rings is 1. The molecule has 0 saturated carbocycles. The number of esters is 1. The Morgan fingerprint density at radius 2 is 1.96 bits per heavy atom. The molecule has 1 aromatic rings. The summed E-state index contributed by atoms with van der Waals surface area (Å²) in [5.74, 6) is -1.93. The Bertz CT molecular complexity index is 731. The summed E-state index contributed by atoms with van der Waals surface area (Å²) >= 11 is 0. The molecule has 8 nitrogen and oxygen atoms in total. The van der Waals surface area contributed by atoms with Crippen LogP contribution in [0.2, 0.25) is 0 Å². The molecule has 2 saturated heterocycles. The summed E-state index contributed by atoms with van der Waals surface area (Å²) in [5.41, 5.74) is 1.91. The van der Waals surface area contributed by atoms with Crippen LogP contribution in [0.15, 0.2) is 24.3 Å². The fourth-order valence-electron chi connectivity index (χ4n) is 3.06. The number of ether oxygens (including phenoxy) is 1. The maximum Gasteiger partial charge on any atom is 0.324 e. The van der Waals surface area contributed by atoms with Crippen molar-refractivity contribution >= 4 is 29.5 Å². The highest BCUT2D eigenvalue weighted by Gasteiger charge is 2.37. The molecule has 0 unspecified atom stereocenters. The number of aryl methyl sites for hydroxylation is 1. The van der Waals surface area contributed by atoms with Crippen LogP contribution in [0, 0.1) is 5.92 Å². The van der Waals surface area contributed by atoms with E-state index in [2.05, 4.69) is 12.2 Å². The fraction of sp³-hybridized carbons (Fsp3) is 0.444. The largest absolute Gasteiger partial charge is 0.455 e. The van der Waals surface area contributed by atoms with Gasteiger partial charge in [-0.15, -0.1) is 0 Å². The van der Waals surface area contributed by atoms with E-state index in [1.54, 1.807) is 4.90 Å². The molecule has 1 N–H and O–H groups in total. The van der Waals surface area contributed by atoms with Crippen molar-refractivity contribution in [3.05, 3.63) is 29.8 Å². The Morgan fingerprint density at radius 3 is 2.58 bits per heavy atom. The molecule has 0 radical (unpaired) electrons. The second-order valence-electron chi connectivity index (χ2n) is 6.31. The Labute approximate surface area is 151 Å². The molecular weight excluding hydrogens is 338 g/mol. The molecule has 2 aliphatic heterocycles. The van der Waals surface area contributed by atoms with E-state index in [9.17, 15) is 19.2 Å². The molecule has 0 spiro atoms. The maximum absolute atomic E-state index is 12.2. The number of hydrogen-bond acceptors (Lipinski definition) is 5. The van der Waals surface area contributed by atoms with E-state index in [0.717, 1.165) is 17.0 Å². The van der Waals surface area contributed by atoms with Gasteiger partial charge in [0.1, 0.15) is 0 Å². The Kier molecular flexibility index (Phi) is 5.20. The van der Waals surface area contributed by atoms with Crippen LogP contribution in [0.1, 0.15) is 18.9 Å². The molecule has 0 bridgehead atoms. The van der Waals surface area contributed by atoms with Crippen molar-refractivity contribution in [3.8, 4) is 0 Å². The number of carbonyl (C=O) groups is 4. The van der Waals surface area contributed by atoms with E-state index in [1.807, 2.05) is 24.3 Å². The first kappa shape index (κ1) is 17.9. The van der Waals surface area contributed by atoms with Crippen LogP contribution in [-0.2, 0) is 25.5 Å². The quantitative estimate of drug-likeness (QED) is 0.781. The van der Waals surface area contributed by atoms with Gasteiger partial charge < -0.3 is 15.0 Å². The maximum atomic E-state index is 12.2. The van der Waals surface area contributed by atoms with Crippen LogP contribution in [0.4, 0.5) is 10.5 Å². The monoisotopic (exact) mass is 359 g/mol. The topological polar surface area (TPSA) is 96.0 Å². The third-order valence-electron chi connectivity index (χ3n) is 4.61. The van der Waals surface area contributed by atoms with Gasteiger partial charge in [-0.1, -0.05) is 19.1 Å². The Balaban J connectivity index is 1.54. The third kappa shape index (κ3) is 3.68. The minimum absolute atomic E-state index is 0.0484. The summed E-state index contributed by atoms with van der Waals surface area (Å²) < 4.78 is 5.03. The van der Waals surface area contributed by atoms with Gasteiger partial charge in [-0.05, 0) is 24.1 Å². The van der Waals surface area contributed by atoms with E-state index in [0.29, 0.717) is 6.54 Å².